The van der Waals surface area contributed by atoms with E-state index in [4.69, 9.17) is 14.2 Å². The van der Waals surface area contributed by atoms with Crippen LogP contribution < -0.4 is 10.1 Å². The van der Waals surface area contributed by atoms with E-state index >= 15 is 0 Å². The number of hydrogen-bond donors (Lipinski definition) is 1. The van der Waals surface area contributed by atoms with E-state index in [9.17, 15) is 9.59 Å². The summed E-state index contributed by atoms with van der Waals surface area (Å²) in [6, 6.07) is 7.43. The number of amides is 1. The Kier molecular flexibility index (Phi) is 7.06. The molecule has 1 saturated heterocycles. The molecule has 1 aliphatic heterocycles. The van der Waals surface area contributed by atoms with Crippen LogP contribution in [-0.2, 0) is 14.3 Å². The SMILES string of the molecule is CCOC(=O)c1c(-c2ccc(OC)cc2)csc1NC(=O)CCC1CCCO1. The molecule has 0 spiro atoms. The van der Waals surface area contributed by atoms with Gasteiger partial charge < -0.3 is 19.5 Å². The zero-order valence-electron chi connectivity index (χ0n) is 16.2. The molecule has 1 aromatic carbocycles. The number of nitrogens with one attached hydrogen (secondary N) is 1. The summed E-state index contributed by atoms with van der Waals surface area (Å²) in [6.07, 6.45) is 3.27. The second-order valence-corrected chi connectivity index (χ2v) is 7.40. The fourth-order valence-corrected chi connectivity index (χ4v) is 4.17. The molecule has 1 amide bonds. The van der Waals surface area contributed by atoms with Gasteiger partial charge in [-0.2, -0.15) is 0 Å². The van der Waals surface area contributed by atoms with E-state index in [1.54, 1.807) is 14.0 Å². The summed E-state index contributed by atoms with van der Waals surface area (Å²) in [5.74, 6) is 0.174. The van der Waals surface area contributed by atoms with Gasteiger partial charge in [0.2, 0.25) is 5.91 Å². The summed E-state index contributed by atoms with van der Waals surface area (Å²) in [4.78, 5) is 25.0. The lowest BCUT2D eigenvalue weighted by Crippen LogP contribution is -2.16. The Morgan fingerprint density at radius 2 is 2.07 bits per heavy atom. The summed E-state index contributed by atoms with van der Waals surface area (Å²) in [5, 5.41) is 5.27. The van der Waals surface area contributed by atoms with Crippen molar-refractivity contribution < 1.29 is 23.8 Å². The second kappa shape index (κ2) is 9.71. The molecule has 0 aliphatic carbocycles. The molecule has 1 atom stereocenters. The van der Waals surface area contributed by atoms with Crippen LogP contribution in [0.5, 0.6) is 5.75 Å². The Balaban J connectivity index is 1.78. The van der Waals surface area contributed by atoms with Crippen LogP contribution >= 0.6 is 11.3 Å². The van der Waals surface area contributed by atoms with Gasteiger partial charge in [-0.15, -0.1) is 11.3 Å². The first-order chi connectivity index (χ1) is 13.6. The number of thiophene rings is 1. The van der Waals surface area contributed by atoms with Crippen molar-refractivity contribution in [1.29, 1.82) is 0 Å². The van der Waals surface area contributed by atoms with Crippen molar-refractivity contribution in [3.8, 4) is 16.9 Å². The van der Waals surface area contributed by atoms with E-state index in [1.807, 2.05) is 29.6 Å². The predicted octanol–water partition coefficient (Wildman–Crippen LogP) is 4.50. The van der Waals surface area contributed by atoms with Crippen LogP contribution in [0.1, 0.15) is 43.0 Å². The van der Waals surface area contributed by atoms with Crippen molar-refractivity contribution in [1.82, 2.24) is 0 Å². The fraction of sp³-hybridized carbons (Fsp3) is 0.429. The Labute approximate surface area is 168 Å². The summed E-state index contributed by atoms with van der Waals surface area (Å²) in [7, 11) is 1.61. The molecule has 2 heterocycles. The molecule has 1 aliphatic rings. The van der Waals surface area contributed by atoms with Crippen molar-refractivity contribution in [2.24, 2.45) is 0 Å². The van der Waals surface area contributed by atoms with Gasteiger partial charge in [0.25, 0.3) is 0 Å². The maximum absolute atomic E-state index is 12.6. The topological polar surface area (TPSA) is 73.9 Å². The Morgan fingerprint density at radius 1 is 1.29 bits per heavy atom. The van der Waals surface area contributed by atoms with Crippen LogP contribution in [-0.4, -0.2) is 38.3 Å². The van der Waals surface area contributed by atoms with E-state index in [-0.39, 0.29) is 18.6 Å². The average molecular weight is 404 g/mol. The quantitative estimate of drug-likeness (QED) is 0.657. The van der Waals surface area contributed by atoms with Crippen molar-refractivity contribution in [3.63, 3.8) is 0 Å². The van der Waals surface area contributed by atoms with Crippen LogP contribution in [0.3, 0.4) is 0 Å². The van der Waals surface area contributed by atoms with Crippen molar-refractivity contribution in [3.05, 3.63) is 35.2 Å². The third-order valence-electron chi connectivity index (χ3n) is 4.64. The largest absolute Gasteiger partial charge is 0.497 e. The zero-order chi connectivity index (χ0) is 19.9. The molecule has 3 rings (SSSR count). The minimum Gasteiger partial charge on any atom is -0.497 e. The maximum atomic E-state index is 12.6. The Morgan fingerprint density at radius 3 is 2.71 bits per heavy atom. The number of benzene rings is 1. The third-order valence-corrected chi connectivity index (χ3v) is 5.54. The first-order valence-electron chi connectivity index (χ1n) is 9.46. The highest BCUT2D eigenvalue weighted by molar-refractivity contribution is 7.15. The average Bonchev–Trinajstić information content (AvgIpc) is 3.36. The van der Waals surface area contributed by atoms with Crippen molar-refractivity contribution in [2.45, 2.75) is 38.7 Å². The lowest BCUT2D eigenvalue weighted by atomic mass is 10.0. The smallest absolute Gasteiger partial charge is 0.341 e. The maximum Gasteiger partial charge on any atom is 0.341 e. The molecule has 1 N–H and O–H groups in total. The zero-order valence-corrected chi connectivity index (χ0v) is 17.0. The van der Waals surface area contributed by atoms with Crippen LogP contribution in [0.25, 0.3) is 11.1 Å². The molecule has 0 radical (unpaired) electrons. The molecule has 1 unspecified atom stereocenters. The summed E-state index contributed by atoms with van der Waals surface area (Å²) < 4.78 is 16.0. The van der Waals surface area contributed by atoms with Gasteiger partial charge in [-0.1, -0.05) is 12.1 Å². The number of esters is 1. The predicted molar refractivity (Wildman–Crippen MR) is 109 cm³/mol. The summed E-state index contributed by atoms with van der Waals surface area (Å²) in [5.41, 5.74) is 1.99. The van der Waals surface area contributed by atoms with Crippen LogP contribution in [0.4, 0.5) is 5.00 Å². The van der Waals surface area contributed by atoms with E-state index in [0.29, 0.717) is 23.4 Å². The van der Waals surface area contributed by atoms with Gasteiger partial charge >= 0.3 is 5.97 Å². The van der Waals surface area contributed by atoms with E-state index in [2.05, 4.69) is 5.32 Å². The van der Waals surface area contributed by atoms with Gasteiger partial charge in [-0.3, -0.25) is 4.79 Å². The van der Waals surface area contributed by atoms with Crippen LogP contribution in [0.15, 0.2) is 29.6 Å². The van der Waals surface area contributed by atoms with Crippen molar-refractivity contribution in [2.75, 3.05) is 25.6 Å². The molecule has 0 bridgehead atoms. The van der Waals surface area contributed by atoms with E-state index in [1.165, 1.54) is 11.3 Å². The highest BCUT2D eigenvalue weighted by Gasteiger charge is 2.23. The second-order valence-electron chi connectivity index (χ2n) is 6.52. The van der Waals surface area contributed by atoms with Gasteiger partial charge in [0.05, 0.1) is 19.8 Å². The number of methoxy groups -OCH3 is 1. The lowest BCUT2D eigenvalue weighted by Gasteiger charge is -2.11. The molecule has 2 aromatic rings. The van der Waals surface area contributed by atoms with Gasteiger partial charge in [-0.05, 0) is 43.9 Å². The molecule has 7 heteroatoms. The first-order valence-corrected chi connectivity index (χ1v) is 10.3. The monoisotopic (exact) mass is 403 g/mol. The third kappa shape index (κ3) is 4.91. The molecule has 0 saturated carbocycles. The molecule has 1 fully saturated rings. The highest BCUT2D eigenvalue weighted by Crippen LogP contribution is 2.37. The normalized spacial score (nSPS) is 16.0. The summed E-state index contributed by atoms with van der Waals surface area (Å²) in [6.45, 7) is 2.80. The van der Waals surface area contributed by atoms with E-state index < -0.39 is 5.97 Å². The number of anilines is 1. The number of carbonyl (C=O) groups excluding carboxylic acids is 2. The van der Waals surface area contributed by atoms with Gasteiger partial charge in [0, 0.05) is 24.0 Å². The molecular formula is C21H25NO5S. The molecule has 1 aromatic heterocycles. The van der Waals surface area contributed by atoms with Crippen LogP contribution in [0, 0.1) is 0 Å². The molecule has 28 heavy (non-hydrogen) atoms. The van der Waals surface area contributed by atoms with Gasteiger partial charge in [-0.25, -0.2) is 4.79 Å². The number of rotatable bonds is 8. The van der Waals surface area contributed by atoms with Gasteiger partial charge in [0.1, 0.15) is 16.3 Å². The molecule has 150 valence electrons. The summed E-state index contributed by atoms with van der Waals surface area (Å²) >= 11 is 1.33. The lowest BCUT2D eigenvalue weighted by molar-refractivity contribution is -0.116. The molecular weight excluding hydrogens is 378 g/mol. The fourth-order valence-electron chi connectivity index (χ4n) is 3.19. The minimum absolute atomic E-state index is 0.121. The number of carbonyl (C=O) groups is 2. The minimum atomic E-state index is -0.441. The number of hydrogen-bond acceptors (Lipinski definition) is 6. The molecule has 6 nitrogen and oxygen atoms in total. The van der Waals surface area contributed by atoms with Crippen LogP contribution in [0.2, 0.25) is 0 Å². The first kappa shape index (κ1) is 20.4. The Bertz CT molecular complexity index is 809. The highest BCUT2D eigenvalue weighted by atomic mass is 32.1. The van der Waals surface area contributed by atoms with E-state index in [0.717, 1.165) is 36.3 Å². The number of ether oxygens (including phenoxy) is 3. The van der Waals surface area contributed by atoms with Crippen molar-refractivity contribution >= 4 is 28.2 Å². The van der Waals surface area contributed by atoms with Gasteiger partial charge in [0.15, 0.2) is 0 Å². The standard InChI is InChI=1S/C21H25NO5S/c1-3-26-21(24)19-17(14-6-8-15(25-2)9-7-14)13-28-20(19)22-18(23)11-10-16-5-4-12-27-16/h6-9,13,16H,3-5,10-12H2,1-2H3,(H,22,23). The Hall–Kier alpha value is -2.38.